The molecule has 2 aromatic rings. The maximum absolute atomic E-state index is 12.3. The molecule has 1 atom stereocenters. The Kier molecular flexibility index (Phi) is 6.78. The third-order valence-electron chi connectivity index (χ3n) is 5.33. The van der Waals surface area contributed by atoms with Gasteiger partial charge in [0.05, 0.1) is 6.04 Å². The number of amides is 1. The molecule has 1 amide bonds. The van der Waals surface area contributed by atoms with E-state index in [9.17, 15) is 4.79 Å². The summed E-state index contributed by atoms with van der Waals surface area (Å²) in [4.78, 5) is 18.9. The van der Waals surface area contributed by atoms with E-state index in [0.29, 0.717) is 13.0 Å². The van der Waals surface area contributed by atoms with Crippen LogP contribution in [0, 0.1) is 5.92 Å². The molecule has 1 aromatic heterocycles. The van der Waals surface area contributed by atoms with E-state index in [-0.39, 0.29) is 11.9 Å². The molecule has 1 aliphatic rings. The molecule has 4 heteroatoms. The third-order valence-corrected chi connectivity index (χ3v) is 5.33. The smallest absolute Gasteiger partial charge is 0.220 e. The monoisotopic (exact) mass is 351 g/mol. The van der Waals surface area contributed by atoms with Crippen LogP contribution in [0.1, 0.15) is 43.4 Å². The van der Waals surface area contributed by atoms with Gasteiger partial charge in [-0.05, 0) is 61.5 Å². The van der Waals surface area contributed by atoms with Crippen molar-refractivity contribution in [1.29, 1.82) is 0 Å². The average Bonchev–Trinajstić information content (AvgIpc) is 2.69. The predicted octanol–water partition coefficient (Wildman–Crippen LogP) is 3.60. The molecule has 1 aromatic carbocycles. The number of carbonyl (C=O) groups excluding carboxylic acids is 1. The second-order valence-electron chi connectivity index (χ2n) is 7.30. The van der Waals surface area contributed by atoms with E-state index in [1.165, 1.54) is 18.4 Å². The van der Waals surface area contributed by atoms with Gasteiger partial charge in [-0.1, -0.05) is 37.3 Å². The molecule has 26 heavy (non-hydrogen) atoms. The molecule has 0 bridgehead atoms. The van der Waals surface area contributed by atoms with Crippen LogP contribution in [0.5, 0.6) is 0 Å². The number of piperidine rings is 1. The minimum Gasteiger partial charge on any atom is -0.354 e. The van der Waals surface area contributed by atoms with Crippen LogP contribution in [0.4, 0.5) is 0 Å². The topological polar surface area (TPSA) is 45.2 Å². The average molecular weight is 351 g/mol. The van der Waals surface area contributed by atoms with Crippen molar-refractivity contribution in [2.45, 2.75) is 38.6 Å². The Hall–Kier alpha value is -2.20. The molecule has 2 heterocycles. The van der Waals surface area contributed by atoms with Gasteiger partial charge < -0.3 is 5.32 Å². The van der Waals surface area contributed by atoms with Crippen molar-refractivity contribution in [3.8, 4) is 0 Å². The summed E-state index contributed by atoms with van der Waals surface area (Å²) in [5, 5.41) is 3.16. The van der Waals surface area contributed by atoms with Crippen LogP contribution >= 0.6 is 0 Å². The molecule has 0 aliphatic carbocycles. The molecule has 4 nitrogen and oxygen atoms in total. The van der Waals surface area contributed by atoms with Gasteiger partial charge in [-0.2, -0.15) is 0 Å². The number of aryl methyl sites for hydroxylation is 1. The standard InChI is InChI=1S/C22H29N3O/c1-18-11-15-25(16-12-18)21(20-5-3-2-4-6-20)17-24-22(26)8-7-19-9-13-23-14-10-19/h2-6,9-10,13-14,18,21H,7-8,11-12,15-17H2,1H3,(H,24,26)/t21-/m1/s1. The Morgan fingerprint density at radius 2 is 1.85 bits per heavy atom. The van der Waals surface area contributed by atoms with Gasteiger partial charge in [0, 0.05) is 25.4 Å². The van der Waals surface area contributed by atoms with Crippen molar-refractivity contribution in [3.63, 3.8) is 0 Å². The normalized spacial score (nSPS) is 17.0. The number of carbonyl (C=O) groups is 1. The highest BCUT2D eigenvalue weighted by atomic mass is 16.1. The summed E-state index contributed by atoms with van der Waals surface area (Å²) in [6, 6.07) is 14.8. The van der Waals surface area contributed by atoms with Crippen LogP contribution < -0.4 is 5.32 Å². The highest BCUT2D eigenvalue weighted by Crippen LogP contribution is 2.26. The first-order valence-corrected chi connectivity index (χ1v) is 9.67. The minimum absolute atomic E-state index is 0.119. The van der Waals surface area contributed by atoms with Crippen LogP contribution in [0.3, 0.4) is 0 Å². The summed E-state index contributed by atoms with van der Waals surface area (Å²) < 4.78 is 0. The fraction of sp³-hybridized carbons (Fsp3) is 0.455. The largest absolute Gasteiger partial charge is 0.354 e. The maximum atomic E-state index is 12.3. The summed E-state index contributed by atoms with van der Waals surface area (Å²) in [7, 11) is 0. The molecular formula is C22H29N3O. The SMILES string of the molecule is CC1CCN([C@H](CNC(=O)CCc2ccncc2)c2ccccc2)CC1. The number of nitrogens with zero attached hydrogens (tertiary/aromatic N) is 2. The zero-order valence-corrected chi connectivity index (χ0v) is 15.6. The molecule has 1 N–H and O–H groups in total. The molecule has 3 rings (SSSR count). The molecule has 1 aliphatic heterocycles. The molecule has 0 unspecified atom stereocenters. The summed E-state index contributed by atoms with van der Waals surface area (Å²) in [6.07, 6.45) is 7.29. The molecule has 0 saturated carbocycles. The number of rotatable bonds is 7. The lowest BCUT2D eigenvalue weighted by Gasteiger charge is -2.37. The first-order valence-electron chi connectivity index (χ1n) is 9.67. The Morgan fingerprint density at radius 1 is 1.15 bits per heavy atom. The highest BCUT2D eigenvalue weighted by Gasteiger charge is 2.24. The summed E-state index contributed by atoms with van der Waals surface area (Å²) in [6.45, 7) is 5.21. The molecule has 1 saturated heterocycles. The minimum atomic E-state index is 0.119. The fourth-order valence-electron chi connectivity index (χ4n) is 3.58. The van der Waals surface area contributed by atoms with E-state index < -0.39 is 0 Å². The van der Waals surface area contributed by atoms with Crippen molar-refractivity contribution in [2.24, 2.45) is 5.92 Å². The molecule has 0 radical (unpaired) electrons. The van der Waals surface area contributed by atoms with E-state index in [1.807, 2.05) is 18.2 Å². The van der Waals surface area contributed by atoms with Crippen molar-refractivity contribution in [3.05, 3.63) is 66.0 Å². The Labute approximate surface area is 156 Å². The quantitative estimate of drug-likeness (QED) is 0.829. The van der Waals surface area contributed by atoms with Gasteiger partial charge in [0.2, 0.25) is 5.91 Å². The van der Waals surface area contributed by atoms with Gasteiger partial charge in [0.25, 0.3) is 0 Å². The number of hydrogen-bond donors (Lipinski definition) is 1. The van der Waals surface area contributed by atoms with E-state index in [0.717, 1.165) is 31.0 Å². The number of hydrogen-bond acceptors (Lipinski definition) is 3. The molecular weight excluding hydrogens is 322 g/mol. The number of nitrogens with one attached hydrogen (secondary N) is 1. The number of likely N-dealkylation sites (tertiary alicyclic amines) is 1. The Morgan fingerprint density at radius 3 is 2.54 bits per heavy atom. The third kappa shape index (κ3) is 5.40. The Balaban J connectivity index is 1.56. The summed E-state index contributed by atoms with van der Waals surface area (Å²) in [5.74, 6) is 0.922. The zero-order valence-electron chi connectivity index (χ0n) is 15.6. The molecule has 1 fully saturated rings. The maximum Gasteiger partial charge on any atom is 0.220 e. The highest BCUT2D eigenvalue weighted by molar-refractivity contribution is 5.76. The van der Waals surface area contributed by atoms with Gasteiger partial charge in [0.1, 0.15) is 0 Å². The number of pyridine rings is 1. The number of benzene rings is 1. The van der Waals surface area contributed by atoms with Gasteiger partial charge >= 0.3 is 0 Å². The first kappa shape index (κ1) is 18.6. The zero-order chi connectivity index (χ0) is 18.2. The van der Waals surface area contributed by atoms with Crippen LogP contribution in [-0.2, 0) is 11.2 Å². The van der Waals surface area contributed by atoms with Gasteiger partial charge in [-0.15, -0.1) is 0 Å². The lowest BCUT2D eigenvalue weighted by Crippen LogP contribution is -2.42. The summed E-state index contributed by atoms with van der Waals surface area (Å²) >= 11 is 0. The second-order valence-corrected chi connectivity index (χ2v) is 7.30. The second kappa shape index (κ2) is 9.48. The molecule has 138 valence electrons. The van der Waals surface area contributed by atoms with Gasteiger partial charge in [0.15, 0.2) is 0 Å². The van der Waals surface area contributed by atoms with Crippen molar-refractivity contribution in [1.82, 2.24) is 15.2 Å². The number of aromatic nitrogens is 1. The van der Waals surface area contributed by atoms with Gasteiger partial charge in [-0.3, -0.25) is 14.7 Å². The van der Waals surface area contributed by atoms with E-state index in [2.05, 4.69) is 46.4 Å². The van der Waals surface area contributed by atoms with Crippen LogP contribution in [0.25, 0.3) is 0 Å². The Bertz CT molecular complexity index is 666. The first-order chi connectivity index (χ1) is 12.7. The van der Waals surface area contributed by atoms with E-state index >= 15 is 0 Å². The van der Waals surface area contributed by atoms with Gasteiger partial charge in [-0.25, -0.2) is 0 Å². The van der Waals surface area contributed by atoms with Crippen LogP contribution in [0.15, 0.2) is 54.9 Å². The lowest BCUT2D eigenvalue weighted by molar-refractivity contribution is -0.121. The van der Waals surface area contributed by atoms with Crippen molar-refractivity contribution in [2.75, 3.05) is 19.6 Å². The van der Waals surface area contributed by atoms with Crippen molar-refractivity contribution >= 4 is 5.91 Å². The van der Waals surface area contributed by atoms with Crippen molar-refractivity contribution < 1.29 is 4.79 Å². The fourth-order valence-corrected chi connectivity index (χ4v) is 3.58. The van der Waals surface area contributed by atoms with E-state index in [1.54, 1.807) is 12.4 Å². The lowest BCUT2D eigenvalue weighted by atomic mass is 9.95. The molecule has 0 spiro atoms. The summed E-state index contributed by atoms with van der Waals surface area (Å²) in [5.41, 5.74) is 2.44. The van der Waals surface area contributed by atoms with E-state index in [4.69, 9.17) is 0 Å². The van der Waals surface area contributed by atoms with Crippen LogP contribution in [-0.4, -0.2) is 35.4 Å². The predicted molar refractivity (Wildman–Crippen MR) is 105 cm³/mol. The van der Waals surface area contributed by atoms with Crippen LogP contribution in [0.2, 0.25) is 0 Å².